The average molecular weight is 366 g/mol. The van der Waals surface area contributed by atoms with Gasteiger partial charge in [0, 0.05) is 10.0 Å². The smallest absolute Gasteiger partial charge is 0.338 e. The van der Waals surface area contributed by atoms with Gasteiger partial charge in [0.2, 0.25) is 0 Å². The van der Waals surface area contributed by atoms with Gasteiger partial charge in [0.05, 0.1) is 11.6 Å². The van der Waals surface area contributed by atoms with Crippen LogP contribution in [0.1, 0.15) is 34.5 Å². The van der Waals surface area contributed by atoms with Crippen LogP contribution in [-0.4, -0.2) is 18.5 Å². The lowest BCUT2D eigenvalue weighted by molar-refractivity contribution is -0.124. The Bertz CT molecular complexity index is 744. The van der Waals surface area contributed by atoms with Crippen LogP contribution in [0.2, 0.25) is 10.0 Å². The van der Waals surface area contributed by atoms with E-state index in [0.29, 0.717) is 15.6 Å². The third-order valence-corrected chi connectivity index (χ3v) is 3.99. The first-order valence-electron chi connectivity index (χ1n) is 7.35. The van der Waals surface area contributed by atoms with Crippen molar-refractivity contribution in [1.82, 2.24) is 5.32 Å². The van der Waals surface area contributed by atoms with E-state index in [9.17, 15) is 9.59 Å². The molecule has 1 atom stereocenters. The molecule has 4 nitrogen and oxygen atoms in total. The zero-order chi connectivity index (χ0) is 17.7. The number of aryl methyl sites for hydroxylation is 1. The molecule has 0 spiro atoms. The molecule has 0 unspecified atom stereocenters. The Kier molecular flexibility index (Phi) is 6.23. The van der Waals surface area contributed by atoms with Crippen LogP contribution in [0.4, 0.5) is 0 Å². The van der Waals surface area contributed by atoms with Gasteiger partial charge in [-0.15, -0.1) is 0 Å². The van der Waals surface area contributed by atoms with Crippen LogP contribution in [0.15, 0.2) is 42.5 Å². The fourth-order valence-electron chi connectivity index (χ4n) is 2.12. The van der Waals surface area contributed by atoms with Crippen LogP contribution in [0.25, 0.3) is 0 Å². The normalized spacial score (nSPS) is 11.7. The van der Waals surface area contributed by atoms with Gasteiger partial charge in [0.25, 0.3) is 5.91 Å². The summed E-state index contributed by atoms with van der Waals surface area (Å²) in [6.07, 6.45) is 0. The highest BCUT2D eigenvalue weighted by atomic mass is 35.5. The average Bonchev–Trinajstić information content (AvgIpc) is 2.53. The molecule has 0 aliphatic rings. The number of benzene rings is 2. The Morgan fingerprint density at radius 2 is 1.79 bits per heavy atom. The number of rotatable bonds is 5. The maximum atomic E-state index is 11.9. The van der Waals surface area contributed by atoms with Gasteiger partial charge in [-0.05, 0) is 43.7 Å². The van der Waals surface area contributed by atoms with E-state index in [-0.39, 0.29) is 12.6 Å². The van der Waals surface area contributed by atoms with Crippen molar-refractivity contribution in [2.75, 3.05) is 6.61 Å². The van der Waals surface area contributed by atoms with Crippen LogP contribution in [0, 0.1) is 6.92 Å². The van der Waals surface area contributed by atoms with Crippen LogP contribution in [0.5, 0.6) is 0 Å². The van der Waals surface area contributed by atoms with Gasteiger partial charge >= 0.3 is 5.97 Å². The topological polar surface area (TPSA) is 55.4 Å². The minimum atomic E-state index is -0.540. The van der Waals surface area contributed by atoms with Crippen LogP contribution >= 0.6 is 23.2 Å². The molecule has 0 saturated carbocycles. The van der Waals surface area contributed by atoms with E-state index >= 15 is 0 Å². The minimum absolute atomic E-state index is 0.333. The van der Waals surface area contributed by atoms with Gasteiger partial charge in [-0.3, -0.25) is 4.79 Å². The fraction of sp³-hybridized carbons (Fsp3) is 0.222. The van der Waals surface area contributed by atoms with Crippen molar-refractivity contribution in [3.8, 4) is 0 Å². The number of nitrogens with one attached hydrogen (secondary N) is 1. The zero-order valence-electron chi connectivity index (χ0n) is 13.3. The molecule has 0 heterocycles. The van der Waals surface area contributed by atoms with E-state index in [1.807, 2.05) is 6.92 Å². The van der Waals surface area contributed by atoms with Gasteiger partial charge < -0.3 is 10.1 Å². The molecule has 0 aromatic heterocycles. The quantitative estimate of drug-likeness (QED) is 0.801. The Hall–Kier alpha value is -2.04. The fourth-order valence-corrected chi connectivity index (χ4v) is 2.69. The molecule has 0 radical (unpaired) electrons. The molecular formula is C18H17Cl2NO3. The molecule has 0 aliphatic carbocycles. The van der Waals surface area contributed by atoms with E-state index < -0.39 is 11.9 Å². The third-order valence-electron chi connectivity index (χ3n) is 3.43. The predicted octanol–water partition coefficient (Wildman–Crippen LogP) is 4.34. The van der Waals surface area contributed by atoms with Crippen molar-refractivity contribution >= 4 is 35.1 Å². The second-order valence-electron chi connectivity index (χ2n) is 5.40. The molecule has 1 N–H and O–H groups in total. The molecule has 2 aromatic rings. The molecule has 0 fully saturated rings. The van der Waals surface area contributed by atoms with Gasteiger partial charge in [-0.25, -0.2) is 4.79 Å². The van der Waals surface area contributed by atoms with Gasteiger partial charge in [0.1, 0.15) is 0 Å². The molecule has 126 valence electrons. The van der Waals surface area contributed by atoms with E-state index in [1.165, 1.54) is 0 Å². The van der Waals surface area contributed by atoms with Crippen molar-refractivity contribution in [1.29, 1.82) is 0 Å². The molecule has 2 aromatic carbocycles. The lowest BCUT2D eigenvalue weighted by atomic mass is 10.1. The molecule has 6 heteroatoms. The Morgan fingerprint density at radius 1 is 1.12 bits per heavy atom. The number of halogens is 2. The highest BCUT2D eigenvalue weighted by Gasteiger charge is 2.15. The molecular weight excluding hydrogens is 349 g/mol. The minimum Gasteiger partial charge on any atom is -0.452 e. The van der Waals surface area contributed by atoms with E-state index in [0.717, 1.165) is 11.1 Å². The number of amides is 1. The van der Waals surface area contributed by atoms with Crippen LogP contribution < -0.4 is 5.32 Å². The number of ether oxygens (including phenoxy) is 1. The van der Waals surface area contributed by atoms with Crippen LogP contribution in [0.3, 0.4) is 0 Å². The molecule has 0 saturated heterocycles. The van der Waals surface area contributed by atoms with Crippen LogP contribution in [-0.2, 0) is 9.53 Å². The van der Waals surface area contributed by atoms with E-state index in [2.05, 4.69) is 5.32 Å². The standard InChI is InChI=1S/C18H17Cl2NO3/c1-11-3-5-13(6-4-11)18(23)24-10-17(22)21-12(2)15-8-7-14(19)9-16(15)20/h3-9,12H,10H2,1-2H3,(H,21,22)/t12-/m1/s1. The summed E-state index contributed by atoms with van der Waals surface area (Å²) >= 11 is 12.0. The largest absolute Gasteiger partial charge is 0.452 e. The highest BCUT2D eigenvalue weighted by Crippen LogP contribution is 2.25. The highest BCUT2D eigenvalue weighted by molar-refractivity contribution is 6.35. The van der Waals surface area contributed by atoms with Crippen molar-refractivity contribution < 1.29 is 14.3 Å². The Balaban J connectivity index is 1.88. The second-order valence-corrected chi connectivity index (χ2v) is 6.24. The second kappa shape index (κ2) is 8.18. The van der Waals surface area contributed by atoms with E-state index in [1.54, 1.807) is 49.4 Å². The maximum Gasteiger partial charge on any atom is 0.338 e. The summed E-state index contributed by atoms with van der Waals surface area (Å²) in [4.78, 5) is 23.8. The Morgan fingerprint density at radius 3 is 2.42 bits per heavy atom. The lowest BCUT2D eigenvalue weighted by Gasteiger charge is -2.16. The number of hydrogen-bond acceptors (Lipinski definition) is 3. The van der Waals surface area contributed by atoms with Crippen molar-refractivity contribution in [3.63, 3.8) is 0 Å². The zero-order valence-corrected chi connectivity index (χ0v) is 14.8. The number of carbonyl (C=O) groups is 2. The first-order chi connectivity index (χ1) is 11.4. The summed E-state index contributed by atoms with van der Waals surface area (Å²) in [6, 6.07) is 11.6. The first kappa shape index (κ1) is 18.3. The van der Waals surface area contributed by atoms with Crippen molar-refractivity contribution in [2.24, 2.45) is 0 Å². The summed E-state index contributed by atoms with van der Waals surface area (Å²) in [5.41, 5.74) is 2.18. The van der Waals surface area contributed by atoms with Crippen molar-refractivity contribution in [2.45, 2.75) is 19.9 Å². The first-order valence-corrected chi connectivity index (χ1v) is 8.10. The summed E-state index contributed by atoms with van der Waals surface area (Å²) in [5.74, 6) is -0.948. The number of carbonyl (C=O) groups excluding carboxylic acids is 2. The summed E-state index contributed by atoms with van der Waals surface area (Å²) in [5, 5.41) is 3.72. The predicted molar refractivity (Wildman–Crippen MR) is 94.5 cm³/mol. The SMILES string of the molecule is Cc1ccc(C(=O)OCC(=O)N[C@H](C)c2ccc(Cl)cc2Cl)cc1. The van der Waals surface area contributed by atoms with Gasteiger partial charge in [-0.1, -0.05) is 47.0 Å². The summed E-state index contributed by atoms with van der Waals surface area (Å²) in [7, 11) is 0. The summed E-state index contributed by atoms with van der Waals surface area (Å²) < 4.78 is 5.01. The third kappa shape index (κ3) is 4.98. The molecule has 2 rings (SSSR count). The van der Waals surface area contributed by atoms with E-state index in [4.69, 9.17) is 27.9 Å². The molecule has 24 heavy (non-hydrogen) atoms. The number of esters is 1. The van der Waals surface area contributed by atoms with Crippen molar-refractivity contribution in [3.05, 3.63) is 69.2 Å². The van der Waals surface area contributed by atoms with Gasteiger partial charge in [-0.2, -0.15) is 0 Å². The lowest BCUT2D eigenvalue weighted by Crippen LogP contribution is -2.31. The molecule has 0 aliphatic heterocycles. The number of hydrogen-bond donors (Lipinski definition) is 1. The molecule has 1 amide bonds. The van der Waals surface area contributed by atoms with Gasteiger partial charge in [0.15, 0.2) is 6.61 Å². The Labute approximate surface area is 150 Å². The summed E-state index contributed by atoms with van der Waals surface area (Å²) in [6.45, 7) is 3.35. The maximum absolute atomic E-state index is 11.9. The molecule has 0 bridgehead atoms. The monoisotopic (exact) mass is 365 g/mol.